The second-order valence-electron chi connectivity index (χ2n) is 17.3. The molecule has 7 nitrogen and oxygen atoms in total. The third kappa shape index (κ3) is 5.24. The van der Waals surface area contributed by atoms with Gasteiger partial charge in [0.25, 0.3) is 5.91 Å². The van der Waals surface area contributed by atoms with Crippen molar-refractivity contribution in [2.24, 2.45) is 40.4 Å². The summed E-state index contributed by atoms with van der Waals surface area (Å²) in [5.74, 6) is 3.22. The Morgan fingerprint density at radius 2 is 1.60 bits per heavy atom. The van der Waals surface area contributed by atoms with E-state index in [1.165, 1.54) is 38.5 Å². The van der Waals surface area contributed by atoms with Crippen LogP contribution < -0.4 is 0 Å². The predicted molar refractivity (Wildman–Crippen MR) is 188 cm³/mol. The zero-order chi connectivity index (χ0) is 33.4. The summed E-state index contributed by atoms with van der Waals surface area (Å²) in [4.78, 5) is 33.9. The molecule has 2 aliphatic heterocycles. The van der Waals surface area contributed by atoms with E-state index in [4.69, 9.17) is 0 Å². The molecular weight excluding hydrogens is 598 g/mol. The molecule has 7 heteroatoms. The van der Waals surface area contributed by atoms with E-state index in [1.54, 1.807) is 0 Å². The molecule has 2 aromatic rings. The number of hydrogen-bond donors (Lipinski definition) is 2. The van der Waals surface area contributed by atoms with E-state index in [0.29, 0.717) is 43.0 Å². The Balaban J connectivity index is 0.920. The fraction of sp³-hybridized carbons (Fsp3) is 0.707. The van der Waals surface area contributed by atoms with Gasteiger partial charge in [-0.2, -0.15) is 0 Å². The fourth-order valence-electron chi connectivity index (χ4n) is 12.7. The predicted octanol–water partition coefficient (Wildman–Crippen LogP) is 5.97. The summed E-state index contributed by atoms with van der Waals surface area (Å²) in [5.41, 5.74) is 1.15. The molecule has 48 heavy (non-hydrogen) atoms. The Morgan fingerprint density at radius 3 is 2.38 bits per heavy atom. The van der Waals surface area contributed by atoms with Crippen molar-refractivity contribution >= 4 is 22.6 Å². The standard InChI is InChI=1S/C41H57N3O4/c1-26(45)32-14-15-33-31-13-12-30-24-37(46)36(25-41(30,3)34(31)16-17-40(32,33)2)42-19-21-43(22-20-42)39(48)35-9-6-18-44(35)38(47)29-11-10-27-7-4-5-8-28(27)23-29/h4-5,7-8,10-11,23,26,30-37,45-46H,6,9,12-22,24-25H2,1-3H3/t26?,30-,31-,32+,33-,34-,35-,36-,37-,40+,41-/m0/s1. The number of piperazine rings is 1. The summed E-state index contributed by atoms with van der Waals surface area (Å²) >= 11 is 0. The van der Waals surface area contributed by atoms with Gasteiger partial charge in [0.2, 0.25) is 5.91 Å². The molecule has 4 saturated carbocycles. The van der Waals surface area contributed by atoms with Crippen LogP contribution in [-0.2, 0) is 4.79 Å². The van der Waals surface area contributed by atoms with E-state index in [9.17, 15) is 19.8 Å². The summed E-state index contributed by atoms with van der Waals surface area (Å²) in [6.07, 6.45) is 10.4. The number of amides is 2. The van der Waals surface area contributed by atoms with Gasteiger partial charge in [0.15, 0.2) is 0 Å². The Hall–Kier alpha value is -2.48. The maximum atomic E-state index is 13.9. The number of benzene rings is 2. The number of hydrogen-bond acceptors (Lipinski definition) is 5. The van der Waals surface area contributed by atoms with Gasteiger partial charge in [-0.3, -0.25) is 14.5 Å². The number of nitrogens with zero attached hydrogens (tertiary/aromatic N) is 3. The summed E-state index contributed by atoms with van der Waals surface area (Å²) in [6, 6.07) is 13.7. The molecule has 11 atom stereocenters. The molecule has 2 amide bonds. The molecule has 2 heterocycles. The largest absolute Gasteiger partial charge is 0.393 e. The quantitative estimate of drug-likeness (QED) is 0.425. The second kappa shape index (κ2) is 12.4. The van der Waals surface area contributed by atoms with E-state index >= 15 is 0 Å². The molecule has 6 aliphatic rings. The van der Waals surface area contributed by atoms with Crippen LogP contribution in [0, 0.1) is 40.4 Å². The fourth-order valence-corrected chi connectivity index (χ4v) is 12.7. The first-order valence-electron chi connectivity index (χ1n) is 19.3. The average molecular weight is 656 g/mol. The maximum absolute atomic E-state index is 13.9. The molecule has 0 aromatic heterocycles. The van der Waals surface area contributed by atoms with Crippen LogP contribution in [0.4, 0.5) is 0 Å². The third-order valence-corrected chi connectivity index (χ3v) is 15.2. The molecule has 1 unspecified atom stereocenters. The molecule has 0 spiro atoms. The minimum absolute atomic E-state index is 0.0452. The minimum atomic E-state index is -0.393. The minimum Gasteiger partial charge on any atom is -0.393 e. The van der Waals surface area contributed by atoms with Crippen LogP contribution in [0.5, 0.6) is 0 Å². The number of rotatable bonds is 4. The van der Waals surface area contributed by atoms with Gasteiger partial charge in [0.1, 0.15) is 6.04 Å². The van der Waals surface area contributed by atoms with Gasteiger partial charge in [-0.15, -0.1) is 0 Å². The van der Waals surface area contributed by atoms with Crippen LogP contribution in [0.1, 0.15) is 95.3 Å². The highest BCUT2D eigenvalue weighted by Crippen LogP contribution is 2.68. The van der Waals surface area contributed by atoms with E-state index in [2.05, 4.69) is 24.8 Å². The molecule has 2 N–H and O–H groups in total. The monoisotopic (exact) mass is 655 g/mol. The average Bonchev–Trinajstić information content (AvgIpc) is 3.72. The van der Waals surface area contributed by atoms with Gasteiger partial charge in [-0.1, -0.05) is 44.2 Å². The first-order chi connectivity index (χ1) is 23.1. The van der Waals surface area contributed by atoms with Crippen molar-refractivity contribution in [1.29, 1.82) is 0 Å². The highest BCUT2D eigenvalue weighted by Gasteiger charge is 2.62. The zero-order valence-corrected chi connectivity index (χ0v) is 29.4. The van der Waals surface area contributed by atoms with E-state index in [-0.39, 0.29) is 40.9 Å². The number of aliphatic hydroxyl groups excluding tert-OH is 2. The molecular formula is C41H57N3O4. The lowest BCUT2D eigenvalue weighted by Crippen LogP contribution is -2.62. The topological polar surface area (TPSA) is 84.3 Å². The van der Waals surface area contributed by atoms with Gasteiger partial charge in [-0.25, -0.2) is 0 Å². The summed E-state index contributed by atoms with van der Waals surface area (Å²) in [7, 11) is 0. The molecule has 0 radical (unpaired) electrons. The molecule has 8 rings (SSSR count). The Morgan fingerprint density at radius 1 is 0.854 bits per heavy atom. The number of aliphatic hydroxyl groups is 2. The van der Waals surface area contributed by atoms with Gasteiger partial charge in [-0.05, 0) is 134 Å². The van der Waals surface area contributed by atoms with Crippen LogP contribution in [-0.4, -0.2) is 93.7 Å². The molecule has 0 bridgehead atoms. The van der Waals surface area contributed by atoms with E-state index in [0.717, 1.165) is 61.4 Å². The van der Waals surface area contributed by atoms with Crippen molar-refractivity contribution in [2.75, 3.05) is 32.7 Å². The van der Waals surface area contributed by atoms with Crippen molar-refractivity contribution in [1.82, 2.24) is 14.7 Å². The van der Waals surface area contributed by atoms with Crippen LogP contribution in [0.2, 0.25) is 0 Å². The van der Waals surface area contributed by atoms with Crippen molar-refractivity contribution in [2.45, 2.75) is 109 Å². The van der Waals surface area contributed by atoms with Crippen LogP contribution in [0.25, 0.3) is 10.8 Å². The van der Waals surface area contributed by atoms with Crippen LogP contribution in [0.3, 0.4) is 0 Å². The molecule has 6 fully saturated rings. The van der Waals surface area contributed by atoms with Crippen molar-refractivity contribution in [3.63, 3.8) is 0 Å². The second-order valence-corrected chi connectivity index (χ2v) is 17.3. The van der Waals surface area contributed by atoms with Gasteiger partial charge in [0.05, 0.1) is 12.2 Å². The zero-order valence-electron chi connectivity index (χ0n) is 29.4. The highest BCUT2D eigenvalue weighted by atomic mass is 16.3. The number of likely N-dealkylation sites (tertiary alicyclic amines) is 1. The first-order valence-corrected chi connectivity index (χ1v) is 19.3. The highest BCUT2D eigenvalue weighted by molar-refractivity contribution is 6.01. The van der Waals surface area contributed by atoms with Crippen LogP contribution in [0.15, 0.2) is 42.5 Å². The Kier molecular flexibility index (Phi) is 8.44. The number of fused-ring (bicyclic) bond motifs is 6. The van der Waals surface area contributed by atoms with Gasteiger partial charge >= 0.3 is 0 Å². The lowest BCUT2D eigenvalue weighted by molar-refractivity contribution is -0.156. The molecule has 2 aromatic carbocycles. The smallest absolute Gasteiger partial charge is 0.254 e. The maximum Gasteiger partial charge on any atom is 0.254 e. The SMILES string of the molecule is CC(O)[C@H]1CC[C@H]2[C@@H]3CC[C@H]4C[C@H](O)[C@@H](N5CCN(C(=O)[C@@H]6CCCN6C(=O)c6ccc7ccccc7c6)CC5)C[C@]4(C)[C@H]3CC[C@]12C. The van der Waals surface area contributed by atoms with Crippen molar-refractivity contribution in [3.05, 3.63) is 48.0 Å². The van der Waals surface area contributed by atoms with Crippen molar-refractivity contribution < 1.29 is 19.8 Å². The van der Waals surface area contributed by atoms with E-state index in [1.807, 2.05) is 53.1 Å². The van der Waals surface area contributed by atoms with E-state index < -0.39 is 6.04 Å². The molecule has 2 saturated heterocycles. The van der Waals surface area contributed by atoms with Gasteiger partial charge in [0, 0.05) is 44.3 Å². The molecule has 4 aliphatic carbocycles. The molecule has 260 valence electrons. The lowest BCUT2D eigenvalue weighted by atomic mass is 9.44. The summed E-state index contributed by atoms with van der Waals surface area (Å²) < 4.78 is 0. The Labute approximate surface area is 287 Å². The third-order valence-electron chi connectivity index (χ3n) is 15.2. The van der Waals surface area contributed by atoms with Crippen molar-refractivity contribution in [3.8, 4) is 0 Å². The van der Waals surface area contributed by atoms with Gasteiger partial charge < -0.3 is 20.0 Å². The lowest BCUT2D eigenvalue weighted by Gasteiger charge is -2.63. The normalized spacial score (nSPS) is 40.7. The first kappa shape index (κ1) is 32.7. The summed E-state index contributed by atoms with van der Waals surface area (Å²) in [5, 5.41) is 24.4. The Bertz CT molecular complexity index is 1540. The summed E-state index contributed by atoms with van der Waals surface area (Å²) in [6.45, 7) is 10.6. The number of carbonyl (C=O) groups excluding carboxylic acids is 2. The van der Waals surface area contributed by atoms with Crippen LogP contribution >= 0.6 is 0 Å². The number of carbonyl (C=O) groups is 2.